The smallest absolute Gasteiger partial charge is 0.0464 e. The van der Waals surface area contributed by atoms with Gasteiger partial charge in [-0.05, 0) is 162 Å². The van der Waals surface area contributed by atoms with E-state index in [-0.39, 0.29) is 11.0 Å². The summed E-state index contributed by atoms with van der Waals surface area (Å²) in [5.41, 5.74) is 17.2. The molecule has 320 valence electrons. The molecule has 9 aromatic carbocycles. The van der Waals surface area contributed by atoms with E-state index >= 15 is 0 Å². The Morgan fingerprint density at radius 2 is 0.523 bits per heavy atom. The lowest BCUT2D eigenvalue weighted by Gasteiger charge is -2.38. The summed E-state index contributed by atoms with van der Waals surface area (Å²) in [5, 5.41) is 0. The Morgan fingerprint density at radius 3 is 0.846 bits per heavy atom. The predicted octanol–water partition coefficient (Wildman–Crippen LogP) is 17.9. The normalized spacial score (nSPS) is 11.5. The van der Waals surface area contributed by atoms with E-state index in [0.29, 0.717) is 0 Å². The minimum Gasteiger partial charge on any atom is -0.336 e. The molecule has 9 rings (SSSR count). The Balaban J connectivity index is 1.10. The van der Waals surface area contributed by atoms with Gasteiger partial charge in [-0.15, -0.1) is 0 Å². The van der Waals surface area contributed by atoms with Gasteiger partial charge in [0.25, 0.3) is 0 Å². The van der Waals surface area contributed by atoms with Gasteiger partial charge in [-0.3, -0.25) is 0 Å². The Morgan fingerprint density at radius 1 is 0.246 bits per heavy atom. The molecule has 0 aromatic heterocycles. The van der Waals surface area contributed by atoms with Gasteiger partial charge in [0, 0.05) is 51.0 Å². The summed E-state index contributed by atoms with van der Waals surface area (Å²) in [5.74, 6) is 0. The van der Waals surface area contributed by atoms with Gasteiger partial charge in [-0.2, -0.15) is 0 Å². The zero-order valence-corrected chi connectivity index (χ0v) is 38.4. The number of nitrogens with zero attached hydrogens (tertiary/aromatic N) is 3. The maximum atomic E-state index is 2.43. The molecule has 0 saturated carbocycles. The molecular formula is C62H57N3. The molecular weight excluding hydrogens is 787 g/mol. The monoisotopic (exact) mass is 843 g/mol. The molecule has 0 atom stereocenters. The van der Waals surface area contributed by atoms with Crippen LogP contribution in [-0.2, 0) is 5.41 Å². The summed E-state index contributed by atoms with van der Waals surface area (Å²) >= 11 is 0. The van der Waals surface area contributed by atoms with Crippen LogP contribution in [0.25, 0.3) is 33.4 Å². The van der Waals surface area contributed by atoms with Crippen molar-refractivity contribution in [1.29, 1.82) is 0 Å². The molecule has 3 nitrogen and oxygen atoms in total. The van der Waals surface area contributed by atoms with E-state index in [1.165, 1.54) is 38.9 Å². The van der Waals surface area contributed by atoms with Gasteiger partial charge in [0.05, 0.1) is 0 Å². The fourth-order valence-electron chi connectivity index (χ4n) is 8.73. The number of hydrogen-bond donors (Lipinski definition) is 0. The molecule has 0 heterocycles. The van der Waals surface area contributed by atoms with Crippen LogP contribution >= 0.6 is 0 Å². The van der Waals surface area contributed by atoms with Crippen molar-refractivity contribution in [3.8, 4) is 33.4 Å². The second-order valence-corrected chi connectivity index (χ2v) is 18.7. The third-order valence-corrected chi connectivity index (χ3v) is 12.1. The van der Waals surface area contributed by atoms with Crippen molar-refractivity contribution in [1.82, 2.24) is 0 Å². The van der Waals surface area contributed by atoms with Crippen LogP contribution in [0.3, 0.4) is 0 Å². The highest BCUT2D eigenvalue weighted by molar-refractivity contribution is 5.84. The van der Waals surface area contributed by atoms with Crippen LogP contribution in [0.1, 0.15) is 47.1 Å². The van der Waals surface area contributed by atoms with E-state index in [9.17, 15) is 0 Å². The summed E-state index contributed by atoms with van der Waals surface area (Å²) < 4.78 is 0. The van der Waals surface area contributed by atoms with Crippen molar-refractivity contribution in [3.63, 3.8) is 0 Å². The van der Waals surface area contributed by atoms with Crippen molar-refractivity contribution < 1.29 is 0 Å². The molecule has 0 spiro atoms. The Labute approximate surface area is 386 Å². The highest BCUT2D eigenvalue weighted by atomic mass is 15.2. The van der Waals surface area contributed by atoms with Crippen molar-refractivity contribution in [3.05, 3.63) is 242 Å². The van der Waals surface area contributed by atoms with E-state index in [0.717, 1.165) is 45.5 Å². The van der Waals surface area contributed by atoms with Crippen LogP contribution in [0.4, 0.5) is 45.5 Å². The van der Waals surface area contributed by atoms with E-state index in [1.807, 2.05) is 0 Å². The van der Waals surface area contributed by atoms with Gasteiger partial charge in [0.2, 0.25) is 0 Å². The highest BCUT2D eigenvalue weighted by Crippen LogP contribution is 2.43. The third-order valence-electron chi connectivity index (χ3n) is 12.1. The van der Waals surface area contributed by atoms with Gasteiger partial charge in [-0.1, -0.05) is 160 Å². The topological polar surface area (TPSA) is 9.72 Å². The van der Waals surface area contributed by atoms with Gasteiger partial charge in [-0.25, -0.2) is 0 Å². The summed E-state index contributed by atoms with van der Waals surface area (Å²) in [6, 6.07) is 85.5. The minimum absolute atomic E-state index is 0.00568. The van der Waals surface area contributed by atoms with Crippen LogP contribution in [0.15, 0.2) is 237 Å². The van der Waals surface area contributed by atoms with Gasteiger partial charge in [0.1, 0.15) is 0 Å². The van der Waals surface area contributed by atoms with E-state index < -0.39 is 0 Å². The quantitative estimate of drug-likeness (QED) is 0.128. The SMILES string of the molecule is CC(C)(C)c1cccc(N(c2ccc(-c3ccccc3)cc2)c2ccc(N(c3ccc(-c4ccccc4)cc3)c3ccc(N(c4ccc(-c5ccccc5)cc4)C(C)(C)C)cc3)cc2)c1. The summed E-state index contributed by atoms with van der Waals surface area (Å²) in [7, 11) is 0. The largest absolute Gasteiger partial charge is 0.336 e. The number of anilines is 8. The first kappa shape index (κ1) is 42.7. The first-order chi connectivity index (χ1) is 31.5. The zero-order chi connectivity index (χ0) is 45.0. The second-order valence-electron chi connectivity index (χ2n) is 18.7. The summed E-state index contributed by atoms with van der Waals surface area (Å²) in [6.45, 7) is 13.6. The van der Waals surface area contributed by atoms with Crippen molar-refractivity contribution in [2.45, 2.75) is 52.5 Å². The Bertz CT molecular complexity index is 2930. The average molecular weight is 844 g/mol. The summed E-state index contributed by atoms with van der Waals surface area (Å²) in [6.07, 6.45) is 0. The Kier molecular flexibility index (Phi) is 12.0. The van der Waals surface area contributed by atoms with Crippen LogP contribution in [-0.4, -0.2) is 5.54 Å². The predicted molar refractivity (Wildman–Crippen MR) is 279 cm³/mol. The molecule has 0 aliphatic carbocycles. The number of benzene rings is 9. The molecule has 0 radical (unpaired) electrons. The molecule has 0 aliphatic heterocycles. The van der Waals surface area contributed by atoms with Gasteiger partial charge < -0.3 is 14.7 Å². The Hall–Kier alpha value is -7.62. The fourth-order valence-corrected chi connectivity index (χ4v) is 8.73. The van der Waals surface area contributed by atoms with E-state index in [4.69, 9.17) is 0 Å². The highest BCUT2D eigenvalue weighted by Gasteiger charge is 2.25. The lowest BCUT2D eigenvalue weighted by molar-refractivity contribution is 0.560. The molecule has 3 heteroatoms. The average Bonchev–Trinajstić information content (AvgIpc) is 3.34. The van der Waals surface area contributed by atoms with Crippen molar-refractivity contribution >= 4 is 45.5 Å². The third kappa shape index (κ3) is 9.51. The lowest BCUT2D eigenvalue weighted by atomic mass is 9.87. The molecule has 0 fully saturated rings. The molecule has 9 aromatic rings. The van der Waals surface area contributed by atoms with E-state index in [1.54, 1.807) is 0 Å². The van der Waals surface area contributed by atoms with Crippen LogP contribution in [0.2, 0.25) is 0 Å². The molecule has 0 N–H and O–H groups in total. The fraction of sp³-hybridized carbons (Fsp3) is 0.129. The first-order valence-corrected chi connectivity index (χ1v) is 22.7. The number of hydrogen-bond acceptors (Lipinski definition) is 3. The van der Waals surface area contributed by atoms with Crippen molar-refractivity contribution in [2.24, 2.45) is 0 Å². The molecule has 65 heavy (non-hydrogen) atoms. The molecule has 0 aliphatic rings. The first-order valence-electron chi connectivity index (χ1n) is 22.7. The molecule has 0 saturated heterocycles. The maximum Gasteiger partial charge on any atom is 0.0464 e. The molecule has 0 bridgehead atoms. The van der Waals surface area contributed by atoms with Crippen LogP contribution in [0, 0.1) is 0 Å². The van der Waals surface area contributed by atoms with E-state index in [2.05, 4.69) is 293 Å². The summed E-state index contributed by atoms with van der Waals surface area (Å²) in [4.78, 5) is 7.15. The van der Waals surface area contributed by atoms with Crippen LogP contribution in [0.5, 0.6) is 0 Å². The molecule has 0 unspecified atom stereocenters. The minimum atomic E-state index is -0.168. The van der Waals surface area contributed by atoms with Gasteiger partial charge in [0.15, 0.2) is 0 Å². The zero-order valence-electron chi connectivity index (χ0n) is 38.4. The lowest BCUT2D eigenvalue weighted by Crippen LogP contribution is -2.37. The molecule has 0 amide bonds. The second kappa shape index (κ2) is 18.2. The van der Waals surface area contributed by atoms with Gasteiger partial charge >= 0.3 is 0 Å². The number of rotatable bonds is 11. The standard InChI is InChI=1S/C62H57N3/c1-61(2,3)52-23-16-24-60(45-52)64(54-33-27-50(28-34-54)47-19-12-8-13-20-47)57-39-37-55(38-40-57)63(53-31-25-49(26-32-53)46-17-10-7-11-18-46)56-41-43-59(44-42-56)65(62(4,5)6)58-35-29-51(30-36-58)48-21-14-9-15-22-48/h7-45H,1-6H3. The van der Waals surface area contributed by atoms with Crippen molar-refractivity contribution in [2.75, 3.05) is 14.7 Å². The maximum absolute atomic E-state index is 2.43. The van der Waals surface area contributed by atoms with Crippen LogP contribution < -0.4 is 14.7 Å².